The Balaban J connectivity index is 2.63. The quantitative estimate of drug-likeness (QED) is 0.862. The van der Waals surface area contributed by atoms with Crippen molar-refractivity contribution in [1.82, 2.24) is 4.72 Å². The summed E-state index contributed by atoms with van der Waals surface area (Å²) in [6, 6.07) is 8.02. The molecule has 17 heavy (non-hydrogen) atoms. The molecule has 1 rings (SSSR count). The Hall–Kier alpha value is -1.07. The summed E-state index contributed by atoms with van der Waals surface area (Å²) in [6.45, 7) is 1.86. The molecule has 0 fully saturated rings. The number of nitrogens with zero attached hydrogens (tertiary/aromatic N) is 1. The van der Waals surface area contributed by atoms with Crippen LogP contribution in [0, 0.1) is 0 Å². The Bertz CT molecular complexity index is 452. The van der Waals surface area contributed by atoms with Crippen molar-refractivity contribution in [2.75, 3.05) is 25.3 Å². The lowest BCUT2D eigenvalue weighted by Crippen LogP contribution is -2.33. The number of rotatable bonds is 5. The normalized spacial score (nSPS) is 13.4. The van der Waals surface area contributed by atoms with E-state index in [0.717, 1.165) is 11.3 Å². The van der Waals surface area contributed by atoms with Crippen LogP contribution in [-0.2, 0) is 16.4 Å². The van der Waals surface area contributed by atoms with Crippen molar-refractivity contribution < 1.29 is 8.42 Å². The van der Waals surface area contributed by atoms with Gasteiger partial charge in [-0.2, -0.15) is 0 Å². The first kappa shape index (κ1) is 14.0. The molecule has 1 atom stereocenters. The molecule has 0 saturated carbocycles. The van der Waals surface area contributed by atoms with Gasteiger partial charge in [0.15, 0.2) is 0 Å². The first-order valence-electron chi connectivity index (χ1n) is 5.51. The van der Waals surface area contributed by atoms with E-state index in [0.29, 0.717) is 6.42 Å². The molecular formula is C12H20N2O2S. The summed E-state index contributed by atoms with van der Waals surface area (Å²) >= 11 is 0. The molecule has 4 nitrogen and oxygen atoms in total. The fraction of sp³-hybridized carbons (Fsp3) is 0.500. The highest BCUT2D eigenvalue weighted by molar-refractivity contribution is 7.88. The van der Waals surface area contributed by atoms with Crippen molar-refractivity contribution in [3.05, 3.63) is 29.8 Å². The van der Waals surface area contributed by atoms with Gasteiger partial charge in [0.2, 0.25) is 10.0 Å². The third-order valence-corrected chi connectivity index (χ3v) is 3.24. The second-order valence-electron chi connectivity index (χ2n) is 4.56. The molecule has 0 saturated heterocycles. The Kier molecular flexibility index (Phi) is 4.54. The lowest BCUT2D eigenvalue weighted by molar-refractivity contribution is 0.565. The molecule has 0 bridgehead atoms. The molecule has 0 aliphatic carbocycles. The van der Waals surface area contributed by atoms with E-state index < -0.39 is 10.0 Å². The molecule has 5 heteroatoms. The Morgan fingerprint density at radius 3 is 2.18 bits per heavy atom. The SMILES string of the molecule is CC(Cc1ccc(N(C)C)cc1)NS(C)(=O)=O. The third kappa shape index (κ3) is 5.19. The van der Waals surface area contributed by atoms with E-state index >= 15 is 0 Å². The zero-order valence-electron chi connectivity index (χ0n) is 10.8. The molecule has 1 unspecified atom stereocenters. The van der Waals surface area contributed by atoms with Crippen molar-refractivity contribution in [2.45, 2.75) is 19.4 Å². The van der Waals surface area contributed by atoms with Crippen molar-refractivity contribution in [2.24, 2.45) is 0 Å². The van der Waals surface area contributed by atoms with Crippen LogP contribution in [0.5, 0.6) is 0 Å². The van der Waals surface area contributed by atoms with E-state index in [4.69, 9.17) is 0 Å². The van der Waals surface area contributed by atoms with Crippen LogP contribution in [0.15, 0.2) is 24.3 Å². The average molecular weight is 256 g/mol. The maximum absolute atomic E-state index is 11.1. The molecule has 0 aliphatic rings. The predicted octanol–water partition coefficient (Wildman–Crippen LogP) is 1.23. The number of nitrogens with one attached hydrogen (secondary N) is 1. The molecule has 1 aromatic rings. The molecule has 0 heterocycles. The molecule has 96 valence electrons. The summed E-state index contributed by atoms with van der Waals surface area (Å²) in [5, 5.41) is 0. The largest absolute Gasteiger partial charge is 0.378 e. The van der Waals surface area contributed by atoms with Gasteiger partial charge in [0.1, 0.15) is 0 Å². The molecule has 1 N–H and O–H groups in total. The van der Waals surface area contributed by atoms with Gasteiger partial charge < -0.3 is 4.90 Å². The van der Waals surface area contributed by atoms with Crippen LogP contribution in [0.2, 0.25) is 0 Å². The van der Waals surface area contributed by atoms with Gasteiger partial charge in [-0.3, -0.25) is 0 Å². The van der Waals surface area contributed by atoms with Gasteiger partial charge in [0, 0.05) is 25.8 Å². The fourth-order valence-electron chi connectivity index (χ4n) is 1.69. The average Bonchev–Trinajstić information content (AvgIpc) is 2.15. The van der Waals surface area contributed by atoms with E-state index in [-0.39, 0.29) is 6.04 Å². The zero-order valence-corrected chi connectivity index (χ0v) is 11.6. The minimum absolute atomic E-state index is 0.0878. The maximum Gasteiger partial charge on any atom is 0.208 e. The van der Waals surface area contributed by atoms with Crippen LogP contribution in [0.3, 0.4) is 0 Å². The van der Waals surface area contributed by atoms with E-state index in [1.54, 1.807) is 0 Å². The minimum atomic E-state index is -3.12. The third-order valence-electron chi connectivity index (χ3n) is 2.41. The highest BCUT2D eigenvalue weighted by Gasteiger charge is 2.09. The first-order valence-corrected chi connectivity index (χ1v) is 7.40. The summed E-state index contributed by atoms with van der Waals surface area (Å²) < 4.78 is 24.7. The second kappa shape index (κ2) is 5.51. The summed E-state index contributed by atoms with van der Waals surface area (Å²) in [4.78, 5) is 2.03. The van der Waals surface area contributed by atoms with Crippen LogP contribution in [0.25, 0.3) is 0 Å². The van der Waals surface area contributed by atoms with Crippen LogP contribution < -0.4 is 9.62 Å². The fourth-order valence-corrected chi connectivity index (χ4v) is 2.51. The number of hydrogen-bond donors (Lipinski definition) is 1. The van der Waals surface area contributed by atoms with Gasteiger partial charge in [0.25, 0.3) is 0 Å². The van der Waals surface area contributed by atoms with Crippen molar-refractivity contribution >= 4 is 15.7 Å². The molecule has 0 aromatic heterocycles. The summed E-state index contributed by atoms with van der Waals surface area (Å²) in [5.41, 5.74) is 2.26. The van der Waals surface area contributed by atoms with Gasteiger partial charge in [-0.15, -0.1) is 0 Å². The summed E-state index contributed by atoms with van der Waals surface area (Å²) in [7, 11) is 0.855. The summed E-state index contributed by atoms with van der Waals surface area (Å²) in [6.07, 6.45) is 1.87. The van der Waals surface area contributed by atoms with Gasteiger partial charge in [0.05, 0.1) is 6.26 Å². The van der Waals surface area contributed by atoms with Crippen molar-refractivity contribution in [3.8, 4) is 0 Å². The standard InChI is InChI=1S/C12H20N2O2S/c1-10(13-17(4,15)16)9-11-5-7-12(8-6-11)14(2)3/h5-8,10,13H,9H2,1-4H3. The van der Waals surface area contributed by atoms with E-state index in [2.05, 4.69) is 4.72 Å². The van der Waals surface area contributed by atoms with Gasteiger partial charge in [-0.1, -0.05) is 12.1 Å². The van der Waals surface area contributed by atoms with Crippen LogP contribution in [0.4, 0.5) is 5.69 Å². The summed E-state index contributed by atoms with van der Waals surface area (Å²) in [5.74, 6) is 0. The Morgan fingerprint density at radius 1 is 1.24 bits per heavy atom. The van der Waals surface area contributed by atoms with Crippen LogP contribution >= 0.6 is 0 Å². The molecule has 0 amide bonds. The number of anilines is 1. The predicted molar refractivity (Wildman–Crippen MR) is 71.9 cm³/mol. The van der Waals surface area contributed by atoms with Crippen molar-refractivity contribution in [1.29, 1.82) is 0 Å². The second-order valence-corrected chi connectivity index (χ2v) is 6.34. The molecule has 1 aromatic carbocycles. The minimum Gasteiger partial charge on any atom is -0.378 e. The Morgan fingerprint density at radius 2 is 1.76 bits per heavy atom. The number of hydrogen-bond acceptors (Lipinski definition) is 3. The molecular weight excluding hydrogens is 236 g/mol. The lowest BCUT2D eigenvalue weighted by Gasteiger charge is -2.15. The zero-order chi connectivity index (χ0) is 13.1. The first-order chi connectivity index (χ1) is 7.78. The lowest BCUT2D eigenvalue weighted by atomic mass is 10.1. The monoisotopic (exact) mass is 256 g/mol. The Labute approximate surface area is 104 Å². The smallest absolute Gasteiger partial charge is 0.208 e. The molecule has 0 spiro atoms. The van der Waals surface area contributed by atoms with E-state index in [1.807, 2.05) is 50.2 Å². The highest BCUT2D eigenvalue weighted by atomic mass is 32.2. The van der Waals surface area contributed by atoms with Gasteiger partial charge in [-0.05, 0) is 31.0 Å². The van der Waals surface area contributed by atoms with Gasteiger partial charge in [-0.25, -0.2) is 13.1 Å². The maximum atomic E-state index is 11.1. The topological polar surface area (TPSA) is 49.4 Å². The molecule has 0 aliphatic heterocycles. The van der Waals surface area contributed by atoms with Gasteiger partial charge >= 0.3 is 0 Å². The number of sulfonamides is 1. The molecule has 0 radical (unpaired) electrons. The van der Waals surface area contributed by atoms with Crippen LogP contribution in [-0.4, -0.2) is 34.8 Å². The van der Waals surface area contributed by atoms with Crippen LogP contribution in [0.1, 0.15) is 12.5 Å². The van der Waals surface area contributed by atoms with E-state index in [1.165, 1.54) is 6.26 Å². The van der Waals surface area contributed by atoms with Crippen molar-refractivity contribution in [3.63, 3.8) is 0 Å². The number of benzene rings is 1. The highest BCUT2D eigenvalue weighted by Crippen LogP contribution is 2.13. The van der Waals surface area contributed by atoms with E-state index in [9.17, 15) is 8.42 Å².